The maximum absolute atomic E-state index is 12.3. The van der Waals surface area contributed by atoms with Gasteiger partial charge in [-0.15, -0.1) is 0 Å². The number of aliphatic hydroxyl groups is 1. The molecule has 0 spiro atoms. The van der Waals surface area contributed by atoms with E-state index in [2.05, 4.69) is 15.3 Å². The number of nitrogens with zero attached hydrogens (tertiary/aromatic N) is 2. The number of aromatic nitrogens is 2. The first-order valence-corrected chi connectivity index (χ1v) is 4.15. The molecule has 1 aromatic rings. The van der Waals surface area contributed by atoms with Crippen LogP contribution in [-0.2, 0) is 0 Å². The maximum Gasteiger partial charge on any atom is 0.222 e. The summed E-state index contributed by atoms with van der Waals surface area (Å²) in [5.74, 6) is -0.0275. The second-order valence-electron chi connectivity index (χ2n) is 2.58. The Morgan fingerprint density at radius 3 is 2.62 bits per heavy atom. The molecule has 0 unspecified atom stereocenters. The molecule has 4 nitrogen and oxygen atoms in total. The Morgan fingerprint density at radius 2 is 2.00 bits per heavy atom. The first-order valence-electron chi connectivity index (χ1n) is 4.15. The molecule has 0 saturated heterocycles. The highest BCUT2D eigenvalue weighted by atomic mass is 19.1. The summed E-state index contributed by atoms with van der Waals surface area (Å²) >= 11 is 0. The quantitative estimate of drug-likeness (QED) is 0.666. The minimum Gasteiger partial charge on any atom is -0.396 e. The van der Waals surface area contributed by atoms with Gasteiger partial charge >= 0.3 is 0 Å². The SMILES string of the molecule is OCCCCNc1ncc(F)cn1. The second kappa shape index (κ2) is 5.42. The molecule has 0 aliphatic heterocycles. The standard InChI is InChI=1S/C8H12FN3O/c9-7-5-11-8(12-6-7)10-3-1-2-4-13/h5-6,13H,1-4H2,(H,10,11,12). The molecule has 1 rings (SSSR count). The van der Waals surface area contributed by atoms with E-state index in [9.17, 15) is 4.39 Å². The highest BCUT2D eigenvalue weighted by Gasteiger charge is 1.94. The molecule has 0 atom stereocenters. The van der Waals surface area contributed by atoms with Gasteiger partial charge in [0.05, 0.1) is 12.4 Å². The molecule has 0 fully saturated rings. The zero-order chi connectivity index (χ0) is 9.52. The highest BCUT2D eigenvalue weighted by Crippen LogP contribution is 1.98. The average molecular weight is 185 g/mol. The van der Waals surface area contributed by atoms with Crippen LogP contribution in [0.25, 0.3) is 0 Å². The number of halogens is 1. The van der Waals surface area contributed by atoms with Gasteiger partial charge in [0.2, 0.25) is 5.95 Å². The van der Waals surface area contributed by atoms with Crippen molar-refractivity contribution < 1.29 is 9.50 Å². The molecule has 0 aromatic carbocycles. The largest absolute Gasteiger partial charge is 0.396 e. The van der Waals surface area contributed by atoms with Gasteiger partial charge < -0.3 is 10.4 Å². The van der Waals surface area contributed by atoms with Gasteiger partial charge in [0.1, 0.15) is 0 Å². The van der Waals surface area contributed by atoms with Crippen LogP contribution in [0.2, 0.25) is 0 Å². The monoisotopic (exact) mass is 185 g/mol. The van der Waals surface area contributed by atoms with Crippen LogP contribution in [0.4, 0.5) is 10.3 Å². The summed E-state index contributed by atoms with van der Waals surface area (Å²) in [5, 5.41) is 11.4. The van der Waals surface area contributed by atoms with E-state index in [0.29, 0.717) is 12.5 Å². The number of unbranched alkanes of at least 4 members (excludes halogenated alkanes) is 1. The predicted molar refractivity (Wildman–Crippen MR) is 46.8 cm³/mol. The summed E-state index contributed by atoms with van der Waals surface area (Å²) in [7, 11) is 0. The van der Waals surface area contributed by atoms with Gasteiger partial charge in [0, 0.05) is 13.2 Å². The van der Waals surface area contributed by atoms with Crippen LogP contribution in [0.15, 0.2) is 12.4 Å². The molecule has 13 heavy (non-hydrogen) atoms. The van der Waals surface area contributed by atoms with E-state index in [1.165, 1.54) is 0 Å². The summed E-state index contributed by atoms with van der Waals surface area (Å²) < 4.78 is 12.3. The van der Waals surface area contributed by atoms with Crippen LogP contribution in [0.1, 0.15) is 12.8 Å². The lowest BCUT2D eigenvalue weighted by Gasteiger charge is -2.02. The normalized spacial score (nSPS) is 10.0. The van der Waals surface area contributed by atoms with Crippen molar-refractivity contribution in [3.8, 4) is 0 Å². The van der Waals surface area contributed by atoms with Gasteiger partial charge in [0.25, 0.3) is 0 Å². The van der Waals surface area contributed by atoms with Crippen molar-refractivity contribution in [2.75, 3.05) is 18.5 Å². The van der Waals surface area contributed by atoms with E-state index in [0.717, 1.165) is 25.2 Å². The van der Waals surface area contributed by atoms with Gasteiger partial charge in [-0.25, -0.2) is 14.4 Å². The first-order chi connectivity index (χ1) is 6.33. The van der Waals surface area contributed by atoms with Crippen molar-refractivity contribution in [2.24, 2.45) is 0 Å². The van der Waals surface area contributed by atoms with Gasteiger partial charge in [0.15, 0.2) is 5.82 Å². The fourth-order valence-electron chi connectivity index (χ4n) is 0.841. The smallest absolute Gasteiger partial charge is 0.222 e. The Balaban J connectivity index is 2.25. The van der Waals surface area contributed by atoms with Gasteiger partial charge in [-0.2, -0.15) is 0 Å². The molecule has 0 bridgehead atoms. The van der Waals surface area contributed by atoms with Gasteiger partial charge in [-0.3, -0.25) is 0 Å². The van der Waals surface area contributed by atoms with Crippen LogP contribution in [0, 0.1) is 5.82 Å². The molecule has 0 amide bonds. The summed E-state index contributed by atoms with van der Waals surface area (Å²) in [4.78, 5) is 7.43. The lowest BCUT2D eigenvalue weighted by molar-refractivity contribution is 0.286. The third kappa shape index (κ3) is 3.80. The predicted octanol–water partition coefficient (Wildman–Crippen LogP) is 0.800. The molecule has 2 N–H and O–H groups in total. The number of anilines is 1. The summed E-state index contributed by atoms with van der Waals surface area (Å²) in [6.45, 7) is 0.873. The van der Waals surface area contributed by atoms with Crippen molar-refractivity contribution in [3.05, 3.63) is 18.2 Å². The third-order valence-electron chi connectivity index (χ3n) is 1.49. The fourth-order valence-corrected chi connectivity index (χ4v) is 0.841. The topological polar surface area (TPSA) is 58.0 Å². The lowest BCUT2D eigenvalue weighted by Crippen LogP contribution is -2.05. The molecular formula is C8H12FN3O. The van der Waals surface area contributed by atoms with E-state index in [1.54, 1.807) is 0 Å². The Labute approximate surface area is 75.8 Å². The van der Waals surface area contributed by atoms with Crippen LogP contribution in [0.5, 0.6) is 0 Å². The summed E-state index contributed by atoms with van der Waals surface area (Å²) in [6, 6.07) is 0. The van der Waals surface area contributed by atoms with Crippen molar-refractivity contribution >= 4 is 5.95 Å². The van der Waals surface area contributed by atoms with Crippen LogP contribution in [-0.4, -0.2) is 28.2 Å². The Kier molecular flexibility index (Phi) is 4.11. The molecule has 5 heteroatoms. The number of nitrogens with one attached hydrogen (secondary N) is 1. The molecule has 1 heterocycles. The number of hydrogen-bond acceptors (Lipinski definition) is 4. The molecule has 1 aromatic heterocycles. The zero-order valence-electron chi connectivity index (χ0n) is 7.20. The van der Waals surface area contributed by atoms with E-state index < -0.39 is 5.82 Å². The van der Waals surface area contributed by atoms with Crippen LogP contribution in [0.3, 0.4) is 0 Å². The molecule has 0 saturated carbocycles. The number of rotatable bonds is 5. The van der Waals surface area contributed by atoms with E-state index in [4.69, 9.17) is 5.11 Å². The maximum atomic E-state index is 12.3. The highest BCUT2D eigenvalue weighted by molar-refractivity contribution is 5.21. The Morgan fingerprint density at radius 1 is 1.31 bits per heavy atom. The third-order valence-corrected chi connectivity index (χ3v) is 1.49. The van der Waals surface area contributed by atoms with Crippen LogP contribution < -0.4 is 5.32 Å². The minimum absolute atomic E-state index is 0.186. The van der Waals surface area contributed by atoms with E-state index in [1.807, 2.05) is 0 Å². The van der Waals surface area contributed by atoms with Gasteiger partial charge in [-0.1, -0.05) is 0 Å². The summed E-state index contributed by atoms with van der Waals surface area (Å²) in [5.41, 5.74) is 0. The first kappa shape index (κ1) is 9.85. The van der Waals surface area contributed by atoms with E-state index in [-0.39, 0.29) is 6.61 Å². The molecule has 72 valence electrons. The van der Waals surface area contributed by atoms with Crippen molar-refractivity contribution in [2.45, 2.75) is 12.8 Å². The van der Waals surface area contributed by atoms with Crippen molar-refractivity contribution in [3.63, 3.8) is 0 Å². The Bertz CT molecular complexity index is 240. The fraction of sp³-hybridized carbons (Fsp3) is 0.500. The van der Waals surface area contributed by atoms with Crippen molar-refractivity contribution in [1.29, 1.82) is 0 Å². The number of hydrogen-bond donors (Lipinski definition) is 2. The minimum atomic E-state index is -0.444. The van der Waals surface area contributed by atoms with Gasteiger partial charge in [-0.05, 0) is 12.8 Å². The second-order valence-corrected chi connectivity index (χ2v) is 2.58. The molecule has 0 radical (unpaired) electrons. The summed E-state index contributed by atoms with van der Waals surface area (Å²) in [6.07, 6.45) is 3.81. The molecular weight excluding hydrogens is 173 g/mol. The average Bonchev–Trinajstić information content (AvgIpc) is 2.15. The molecule has 0 aliphatic carbocycles. The Hall–Kier alpha value is -1.23. The van der Waals surface area contributed by atoms with Crippen molar-refractivity contribution in [1.82, 2.24) is 9.97 Å². The zero-order valence-corrected chi connectivity index (χ0v) is 7.20. The number of aliphatic hydroxyl groups excluding tert-OH is 1. The van der Waals surface area contributed by atoms with Crippen LogP contribution >= 0.6 is 0 Å². The van der Waals surface area contributed by atoms with E-state index >= 15 is 0 Å². The molecule has 0 aliphatic rings. The lowest BCUT2D eigenvalue weighted by atomic mass is 10.3.